The monoisotopic (exact) mass is 843 g/mol. The molecule has 0 aliphatic carbocycles. The van der Waals surface area contributed by atoms with Gasteiger partial charge in [-0.1, -0.05) is 53.1 Å². The van der Waals surface area contributed by atoms with Crippen LogP contribution in [0.25, 0.3) is 0 Å². The highest BCUT2D eigenvalue weighted by molar-refractivity contribution is 7.90. The van der Waals surface area contributed by atoms with Crippen LogP contribution in [0.1, 0.15) is 47.8 Å². The molecule has 4 rings (SSSR count). The van der Waals surface area contributed by atoms with E-state index >= 15 is 0 Å². The van der Waals surface area contributed by atoms with Crippen LogP contribution >= 0.6 is 0 Å². The van der Waals surface area contributed by atoms with Gasteiger partial charge in [0.1, 0.15) is 0 Å². The molecular weight excluding hydrogens is 811 g/mol. The minimum Gasteiger partial charge on any atom is -0.350 e. The maximum absolute atomic E-state index is 13.8. The molecule has 0 heterocycles. The first kappa shape index (κ1) is 43.2. The van der Waals surface area contributed by atoms with E-state index < -0.39 is 97.3 Å². The standard InChI is InChI=1S/C33H33N9O12S3/c1-19-4-10-25(11-5-19)55(49,50)37-40(31(34)46)28(43)22-16-23(29(44)41(32(35)47)38-56(51,52)26-12-6-20(2)7-13-26)18-24(17-22)30(45)42(33(36)48)39-57(53,54)27-14-8-21(3)9-15-27/h4-18,37-39H,1-3H3,(H2,34,46)(H2,35,47)(H2,36,48). The first-order chi connectivity index (χ1) is 26.4. The van der Waals surface area contributed by atoms with Crippen LogP contribution < -0.4 is 31.7 Å². The smallest absolute Gasteiger partial charge is 0.337 e. The van der Waals surface area contributed by atoms with Gasteiger partial charge < -0.3 is 17.2 Å². The van der Waals surface area contributed by atoms with Gasteiger partial charge in [-0.15, -0.1) is 14.5 Å². The van der Waals surface area contributed by atoms with E-state index in [9.17, 15) is 54.0 Å². The van der Waals surface area contributed by atoms with E-state index in [1.165, 1.54) is 36.4 Å². The minimum atomic E-state index is -4.75. The van der Waals surface area contributed by atoms with E-state index in [1.54, 1.807) is 35.3 Å². The molecule has 0 atom stereocenters. The largest absolute Gasteiger partial charge is 0.350 e. The van der Waals surface area contributed by atoms with Crippen molar-refractivity contribution in [3.8, 4) is 0 Å². The predicted octanol–water partition coefficient (Wildman–Crippen LogP) is 0.855. The van der Waals surface area contributed by atoms with Crippen molar-refractivity contribution in [3.05, 3.63) is 124 Å². The summed E-state index contributed by atoms with van der Waals surface area (Å²) in [6.07, 6.45) is 0. The lowest BCUT2D eigenvalue weighted by molar-refractivity contribution is 0.0779. The number of rotatable bonds is 12. The highest BCUT2D eigenvalue weighted by Gasteiger charge is 2.34. The normalized spacial score (nSPS) is 11.6. The highest BCUT2D eigenvalue weighted by atomic mass is 32.2. The quantitative estimate of drug-likeness (QED) is 0.108. The Morgan fingerprint density at radius 1 is 0.404 bits per heavy atom. The van der Waals surface area contributed by atoms with Crippen LogP contribution in [0, 0.1) is 20.8 Å². The summed E-state index contributed by atoms with van der Waals surface area (Å²) >= 11 is 0. The zero-order chi connectivity index (χ0) is 42.6. The van der Waals surface area contributed by atoms with Gasteiger partial charge in [0.2, 0.25) is 0 Å². The number of hydrogen-bond donors (Lipinski definition) is 6. The molecule has 0 aliphatic heterocycles. The fourth-order valence-corrected chi connectivity index (χ4v) is 7.65. The summed E-state index contributed by atoms with van der Waals surface area (Å²) in [5.41, 5.74) is 15.1. The van der Waals surface area contributed by atoms with Gasteiger partial charge in [-0.2, -0.15) is 15.0 Å². The Morgan fingerprint density at radius 3 is 0.772 bits per heavy atom. The first-order valence-corrected chi connectivity index (χ1v) is 20.2. The van der Waals surface area contributed by atoms with Gasteiger partial charge in [-0.25, -0.2) is 39.6 Å². The fourth-order valence-electron chi connectivity index (χ4n) is 4.62. The van der Waals surface area contributed by atoms with Gasteiger partial charge in [0.25, 0.3) is 47.8 Å². The number of imide groups is 3. The summed E-state index contributed by atoms with van der Waals surface area (Å²) in [6, 6.07) is 11.6. The zero-order valence-electron chi connectivity index (χ0n) is 29.9. The van der Waals surface area contributed by atoms with Crippen molar-refractivity contribution >= 4 is 65.9 Å². The minimum absolute atomic E-state index is 0.231. The Morgan fingerprint density at radius 2 is 0.596 bits per heavy atom. The van der Waals surface area contributed by atoms with Crippen LogP contribution in [0.5, 0.6) is 0 Å². The third kappa shape index (κ3) is 10.2. The average molecular weight is 844 g/mol. The van der Waals surface area contributed by atoms with Crippen molar-refractivity contribution in [2.24, 2.45) is 17.2 Å². The second-order valence-corrected chi connectivity index (χ2v) is 16.9. The first-order valence-electron chi connectivity index (χ1n) is 15.8. The van der Waals surface area contributed by atoms with Gasteiger partial charge in [-0.3, -0.25) is 14.4 Å². The number of hydrogen-bond acceptors (Lipinski definition) is 12. The fraction of sp³-hybridized carbons (Fsp3) is 0.0909. The van der Waals surface area contributed by atoms with Crippen LogP contribution in [-0.4, -0.2) is 76.1 Å². The van der Waals surface area contributed by atoms with Crippen molar-refractivity contribution in [2.45, 2.75) is 35.5 Å². The Balaban J connectivity index is 1.86. The summed E-state index contributed by atoms with van der Waals surface area (Å²) in [5.74, 6) is -5.05. The molecule has 0 saturated heterocycles. The Labute approximate surface area is 325 Å². The molecule has 57 heavy (non-hydrogen) atoms. The van der Waals surface area contributed by atoms with Gasteiger partial charge in [0.15, 0.2) is 0 Å². The molecule has 21 nitrogen and oxygen atoms in total. The molecule has 4 aromatic carbocycles. The number of benzene rings is 4. The number of aryl methyl sites for hydroxylation is 3. The SMILES string of the molecule is Cc1ccc(S(=O)(=O)NN(C(N)=O)C(=O)c2cc(C(=O)N(NS(=O)(=O)c3ccc(C)cc3)C(N)=O)cc(C(=O)N(NS(=O)(=O)c3ccc(C)cc3)C(N)=O)c2)cc1. The Bertz CT molecular complexity index is 2320. The van der Waals surface area contributed by atoms with Crippen molar-refractivity contribution in [2.75, 3.05) is 0 Å². The number of carbonyl (C=O) groups excluding carboxylic acids is 6. The van der Waals surface area contributed by atoms with Crippen molar-refractivity contribution < 1.29 is 54.0 Å². The third-order valence-corrected chi connectivity index (χ3v) is 11.5. The predicted molar refractivity (Wildman–Crippen MR) is 198 cm³/mol. The molecule has 9 amide bonds. The number of sulfonamides is 3. The molecule has 9 N–H and O–H groups in total. The van der Waals surface area contributed by atoms with Crippen molar-refractivity contribution in [1.29, 1.82) is 0 Å². The van der Waals surface area contributed by atoms with Gasteiger partial charge in [-0.05, 0) is 75.4 Å². The maximum Gasteiger partial charge on any atom is 0.337 e. The Kier molecular flexibility index (Phi) is 12.6. The summed E-state index contributed by atoms with van der Waals surface area (Å²) in [4.78, 5) is 82.7. The lowest BCUT2D eigenvalue weighted by Gasteiger charge is -2.23. The summed E-state index contributed by atoms with van der Waals surface area (Å²) in [6.45, 7) is 4.95. The molecule has 24 heteroatoms. The van der Waals surface area contributed by atoms with Crippen LogP contribution in [-0.2, 0) is 30.1 Å². The molecule has 0 aliphatic rings. The number of carbonyl (C=O) groups is 6. The van der Waals surface area contributed by atoms with Crippen LogP contribution in [0.15, 0.2) is 106 Å². The van der Waals surface area contributed by atoms with Crippen LogP contribution in [0.4, 0.5) is 14.4 Å². The van der Waals surface area contributed by atoms with E-state index in [2.05, 4.69) is 0 Å². The molecule has 300 valence electrons. The number of nitrogens with two attached hydrogens (primary N) is 3. The van der Waals surface area contributed by atoms with Crippen LogP contribution in [0.3, 0.4) is 0 Å². The van der Waals surface area contributed by atoms with Gasteiger partial charge in [0.05, 0.1) is 14.7 Å². The topological polar surface area (TPSA) is 329 Å². The van der Waals surface area contributed by atoms with E-state index in [1.807, 2.05) is 0 Å². The maximum atomic E-state index is 13.8. The number of nitrogens with one attached hydrogen (secondary N) is 3. The number of nitrogens with zero attached hydrogens (tertiary/aromatic N) is 3. The van der Waals surface area contributed by atoms with Crippen molar-refractivity contribution in [3.63, 3.8) is 0 Å². The summed E-state index contributed by atoms with van der Waals surface area (Å²) in [5, 5.41) is -0.694. The molecule has 4 aromatic rings. The molecule has 0 unspecified atom stereocenters. The van der Waals surface area contributed by atoms with Gasteiger partial charge >= 0.3 is 18.1 Å². The van der Waals surface area contributed by atoms with Crippen molar-refractivity contribution in [1.82, 2.24) is 29.5 Å². The average Bonchev–Trinajstić information content (AvgIpc) is 3.14. The molecule has 0 aromatic heterocycles. The molecule has 0 bridgehead atoms. The number of amides is 9. The summed E-state index contributed by atoms with van der Waals surface area (Å²) in [7, 11) is -14.2. The molecule has 0 fully saturated rings. The second-order valence-electron chi connectivity index (χ2n) is 12.0. The van der Waals surface area contributed by atoms with Gasteiger partial charge in [0, 0.05) is 16.7 Å². The lowest BCUT2D eigenvalue weighted by atomic mass is 10.0. The molecule has 0 radical (unpaired) electrons. The van der Waals surface area contributed by atoms with E-state index in [0.717, 1.165) is 36.4 Å². The zero-order valence-corrected chi connectivity index (χ0v) is 32.3. The molecular formula is C33H33N9O12S3. The Hall–Kier alpha value is -6.57. The second kappa shape index (κ2) is 16.7. The van der Waals surface area contributed by atoms with E-state index in [-0.39, 0.29) is 15.0 Å². The number of urea groups is 3. The number of primary amides is 3. The van der Waals surface area contributed by atoms with E-state index in [0.29, 0.717) is 34.9 Å². The lowest BCUT2D eigenvalue weighted by Crippen LogP contribution is -2.53. The highest BCUT2D eigenvalue weighted by Crippen LogP contribution is 2.20. The number of hydrazine groups is 3. The van der Waals surface area contributed by atoms with Crippen LogP contribution in [0.2, 0.25) is 0 Å². The molecule has 0 saturated carbocycles. The molecule has 0 spiro atoms. The summed E-state index contributed by atoms with van der Waals surface area (Å²) < 4.78 is 78.9. The third-order valence-electron chi connectivity index (χ3n) is 7.57. The van der Waals surface area contributed by atoms with E-state index in [4.69, 9.17) is 17.2 Å².